The third kappa shape index (κ3) is 5.98. The Bertz CT molecular complexity index is 1350. The third-order valence-electron chi connectivity index (χ3n) is 6.62. The molecule has 2 aromatic heterocycles. The Balaban J connectivity index is 1.44. The number of piperidine rings is 1. The van der Waals surface area contributed by atoms with Gasteiger partial charge in [-0.3, -0.25) is 0 Å². The highest BCUT2D eigenvalue weighted by atomic mass is 16.5. The highest BCUT2D eigenvalue weighted by molar-refractivity contribution is 5.98. The maximum absolute atomic E-state index is 9.62. The zero-order valence-electron chi connectivity index (χ0n) is 21.4. The molecule has 0 aliphatic carbocycles. The smallest absolute Gasteiger partial charge is 0.228 e. The molecule has 2 aromatic carbocycles. The van der Waals surface area contributed by atoms with Crippen LogP contribution in [0.2, 0.25) is 0 Å². The second-order valence-electron chi connectivity index (χ2n) is 9.59. The predicted molar refractivity (Wildman–Crippen MR) is 148 cm³/mol. The Morgan fingerprint density at radius 2 is 2.00 bits per heavy atom. The van der Waals surface area contributed by atoms with Crippen molar-refractivity contribution in [1.29, 1.82) is 0 Å². The van der Waals surface area contributed by atoms with Crippen LogP contribution in [0.1, 0.15) is 31.7 Å². The molecular weight excluding hydrogens is 464 g/mol. The molecular formula is C29H34N6O2. The monoisotopic (exact) mass is 498 g/mol. The molecule has 0 spiro atoms. The zero-order chi connectivity index (χ0) is 25.6. The minimum absolute atomic E-state index is 0.315. The molecule has 0 bridgehead atoms. The molecule has 37 heavy (non-hydrogen) atoms. The van der Waals surface area contributed by atoms with Gasteiger partial charge in [0.2, 0.25) is 11.8 Å². The fourth-order valence-electron chi connectivity index (χ4n) is 4.64. The Morgan fingerprint density at radius 3 is 2.84 bits per heavy atom. The second kappa shape index (κ2) is 11.5. The van der Waals surface area contributed by atoms with E-state index in [9.17, 15) is 5.11 Å². The number of fused-ring (bicyclic) bond motifs is 1. The number of benzene rings is 2. The summed E-state index contributed by atoms with van der Waals surface area (Å²) in [7, 11) is 0. The number of ether oxygens (including phenoxy) is 1. The highest BCUT2D eigenvalue weighted by Gasteiger charge is 2.17. The summed E-state index contributed by atoms with van der Waals surface area (Å²) < 4.78 is 6.53. The first-order chi connectivity index (χ1) is 18.1. The van der Waals surface area contributed by atoms with Gasteiger partial charge in [-0.15, -0.1) is 0 Å². The number of aromatic nitrogens is 3. The van der Waals surface area contributed by atoms with E-state index in [2.05, 4.69) is 44.1 Å². The number of pyridine rings is 1. The van der Waals surface area contributed by atoms with Crippen molar-refractivity contribution < 1.29 is 9.84 Å². The van der Waals surface area contributed by atoms with Gasteiger partial charge in [0.1, 0.15) is 5.75 Å². The lowest BCUT2D eigenvalue weighted by molar-refractivity contribution is 0.189. The van der Waals surface area contributed by atoms with Gasteiger partial charge in [-0.1, -0.05) is 24.3 Å². The van der Waals surface area contributed by atoms with Crippen LogP contribution in [0.15, 0.2) is 60.9 Å². The number of nitrogens with one attached hydrogen (secondary N) is 3. The van der Waals surface area contributed by atoms with Gasteiger partial charge in [0.25, 0.3) is 0 Å². The summed E-state index contributed by atoms with van der Waals surface area (Å²) in [5.74, 6) is 1.86. The van der Waals surface area contributed by atoms with Crippen LogP contribution in [0.25, 0.3) is 22.0 Å². The Kier molecular flexibility index (Phi) is 7.77. The van der Waals surface area contributed by atoms with Gasteiger partial charge in [-0.2, -0.15) is 0 Å². The average molecular weight is 499 g/mol. The van der Waals surface area contributed by atoms with Crippen LogP contribution >= 0.6 is 0 Å². The molecule has 1 saturated heterocycles. The van der Waals surface area contributed by atoms with Crippen LogP contribution in [0, 0.1) is 6.92 Å². The molecule has 1 aliphatic heterocycles. The topological polar surface area (TPSA) is 104 Å². The number of nitrogens with zero attached hydrogens (tertiary/aromatic N) is 3. The van der Waals surface area contributed by atoms with E-state index < -0.39 is 0 Å². The van der Waals surface area contributed by atoms with E-state index in [1.54, 1.807) is 19.3 Å². The van der Waals surface area contributed by atoms with Gasteiger partial charge in [0, 0.05) is 48.0 Å². The molecule has 0 radical (unpaired) electrons. The summed E-state index contributed by atoms with van der Waals surface area (Å²) >= 11 is 0. The maximum Gasteiger partial charge on any atom is 0.228 e. The van der Waals surface area contributed by atoms with Gasteiger partial charge < -0.3 is 25.8 Å². The molecule has 4 aromatic rings. The number of anilines is 2. The normalized spacial score (nSPS) is 16.4. The van der Waals surface area contributed by atoms with E-state index in [1.807, 2.05) is 37.3 Å². The SMILES string of the molecule is Cc1ccc2c(NCC[C@H](C)O)cccc2c1Oc1ncccc1-c1ccnc(N[C@H]2CCCNC2)n1. The summed E-state index contributed by atoms with van der Waals surface area (Å²) in [4.78, 5) is 13.8. The van der Waals surface area contributed by atoms with Gasteiger partial charge in [0.15, 0.2) is 0 Å². The molecule has 4 N–H and O–H groups in total. The molecule has 5 rings (SSSR count). The van der Waals surface area contributed by atoms with Gasteiger partial charge in [-0.25, -0.2) is 15.0 Å². The number of aliphatic hydroxyl groups excluding tert-OH is 1. The molecule has 192 valence electrons. The summed E-state index contributed by atoms with van der Waals surface area (Å²) in [6.07, 6.45) is 6.07. The van der Waals surface area contributed by atoms with Crippen LogP contribution in [0.4, 0.5) is 11.6 Å². The van der Waals surface area contributed by atoms with Crippen molar-refractivity contribution in [3.05, 3.63) is 66.5 Å². The molecule has 8 heteroatoms. The van der Waals surface area contributed by atoms with Crippen molar-refractivity contribution >= 4 is 22.4 Å². The number of rotatable bonds is 9. The molecule has 3 heterocycles. The van der Waals surface area contributed by atoms with Crippen LogP contribution in [0.3, 0.4) is 0 Å². The highest BCUT2D eigenvalue weighted by Crippen LogP contribution is 2.38. The maximum atomic E-state index is 9.62. The van der Waals surface area contributed by atoms with Crippen LogP contribution in [-0.2, 0) is 0 Å². The molecule has 1 aliphatic rings. The molecule has 8 nitrogen and oxygen atoms in total. The standard InChI is InChI=1S/C29H34N6O2/c1-19-10-11-22-23(7-3-9-25(22)31-16-12-20(2)36)27(19)37-28-24(8-5-15-32-28)26-13-17-33-29(35-26)34-21-6-4-14-30-18-21/h3,5,7-11,13,15,17,20-21,30-31,36H,4,6,12,14,16,18H2,1-2H3,(H,33,34,35)/t20-,21-/m0/s1. The van der Waals surface area contributed by atoms with Gasteiger partial charge >= 0.3 is 0 Å². The first-order valence-corrected chi connectivity index (χ1v) is 13.0. The minimum atomic E-state index is -0.344. The van der Waals surface area contributed by atoms with Crippen molar-refractivity contribution in [2.75, 3.05) is 30.3 Å². The summed E-state index contributed by atoms with van der Waals surface area (Å²) in [5.41, 5.74) is 3.58. The lowest BCUT2D eigenvalue weighted by Gasteiger charge is -2.23. The molecule has 0 saturated carbocycles. The minimum Gasteiger partial charge on any atom is -0.437 e. The van der Waals surface area contributed by atoms with E-state index >= 15 is 0 Å². The Labute approximate surface area is 217 Å². The number of hydrogen-bond acceptors (Lipinski definition) is 8. The van der Waals surface area contributed by atoms with Crippen molar-refractivity contribution in [2.24, 2.45) is 0 Å². The quantitative estimate of drug-likeness (QED) is 0.252. The fraction of sp³-hybridized carbons (Fsp3) is 0.345. The molecule has 0 unspecified atom stereocenters. The number of hydrogen-bond donors (Lipinski definition) is 4. The summed E-state index contributed by atoms with van der Waals surface area (Å²) in [6.45, 7) is 6.49. The van der Waals surface area contributed by atoms with Gasteiger partial charge in [-0.05, 0) is 69.5 Å². The largest absolute Gasteiger partial charge is 0.437 e. The second-order valence-corrected chi connectivity index (χ2v) is 9.59. The van der Waals surface area contributed by atoms with E-state index in [0.29, 0.717) is 30.8 Å². The van der Waals surface area contributed by atoms with Crippen molar-refractivity contribution in [3.63, 3.8) is 0 Å². The molecule has 1 fully saturated rings. The zero-order valence-corrected chi connectivity index (χ0v) is 21.4. The summed E-state index contributed by atoms with van der Waals surface area (Å²) in [5, 5.41) is 22.0. The fourth-order valence-corrected chi connectivity index (χ4v) is 4.64. The van der Waals surface area contributed by atoms with Crippen LogP contribution in [0.5, 0.6) is 11.6 Å². The summed E-state index contributed by atoms with van der Waals surface area (Å²) in [6, 6.07) is 16.3. The van der Waals surface area contributed by atoms with E-state index in [1.165, 1.54) is 0 Å². The third-order valence-corrected chi connectivity index (χ3v) is 6.62. The first-order valence-electron chi connectivity index (χ1n) is 13.0. The Hall–Kier alpha value is -3.75. The van der Waals surface area contributed by atoms with Crippen LogP contribution < -0.4 is 20.7 Å². The average Bonchev–Trinajstić information content (AvgIpc) is 2.91. The number of aliphatic hydroxyl groups is 1. The predicted octanol–water partition coefficient (Wildman–Crippen LogP) is 5.14. The van der Waals surface area contributed by atoms with E-state index in [4.69, 9.17) is 9.72 Å². The van der Waals surface area contributed by atoms with Crippen molar-refractivity contribution in [2.45, 2.75) is 45.3 Å². The molecule has 0 amide bonds. The van der Waals surface area contributed by atoms with Gasteiger partial charge in [0.05, 0.1) is 17.4 Å². The van der Waals surface area contributed by atoms with E-state index in [0.717, 1.165) is 65.0 Å². The van der Waals surface area contributed by atoms with Crippen LogP contribution in [-0.4, -0.2) is 51.8 Å². The lowest BCUT2D eigenvalue weighted by atomic mass is 10.0. The number of aryl methyl sites for hydroxylation is 1. The first kappa shape index (κ1) is 24.9. The van der Waals surface area contributed by atoms with Crippen molar-refractivity contribution in [3.8, 4) is 22.9 Å². The lowest BCUT2D eigenvalue weighted by Crippen LogP contribution is -2.38. The molecule has 2 atom stereocenters. The van der Waals surface area contributed by atoms with E-state index in [-0.39, 0.29) is 6.10 Å². The van der Waals surface area contributed by atoms with Crippen molar-refractivity contribution in [1.82, 2.24) is 20.3 Å². The Morgan fingerprint density at radius 1 is 1.08 bits per heavy atom.